The van der Waals surface area contributed by atoms with E-state index >= 15 is 0 Å². The van der Waals surface area contributed by atoms with Crippen LogP contribution >= 0.6 is 0 Å². The van der Waals surface area contributed by atoms with Gasteiger partial charge in [0.05, 0.1) is 6.20 Å². The van der Waals surface area contributed by atoms with Crippen molar-refractivity contribution < 1.29 is 8.81 Å². The van der Waals surface area contributed by atoms with Crippen LogP contribution in [0.25, 0.3) is 11.3 Å². The van der Waals surface area contributed by atoms with Crippen molar-refractivity contribution in [3.8, 4) is 11.3 Å². The third-order valence-corrected chi connectivity index (χ3v) is 2.97. The summed E-state index contributed by atoms with van der Waals surface area (Å²) in [6.07, 6.45) is 3.08. The molecule has 20 heavy (non-hydrogen) atoms. The van der Waals surface area contributed by atoms with E-state index in [4.69, 9.17) is 4.42 Å². The Labute approximate surface area is 116 Å². The maximum Gasteiger partial charge on any atom is 0.181 e. The fourth-order valence-electron chi connectivity index (χ4n) is 1.99. The molecule has 1 aromatic heterocycles. The zero-order valence-corrected chi connectivity index (χ0v) is 10.7. The van der Waals surface area contributed by atoms with Crippen molar-refractivity contribution in [2.45, 2.75) is 6.54 Å². The number of benzene rings is 2. The fourth-order valence-corrected chi connectivity index (χ4v) is 1.99. The van der Waals surface area contributed by atoms with Crippen LogP contribution in [-0.4, -0.2) is 4.98 Å². The molecule has 3 rings (SSSR count). The molecule has 0 fully saturated rings. The number of oxazole rings is 1. The van der Waals surface area contributed by atoms with Gasteiger partial charge in [0.15, 0.2) is 12.2 Å². The van der Waals surface area contributed by atoms with Gasteiger partial charge >= 0.3 is 0 Å². The van der Waals surface area contributed by atoms with Crippen LogP contribution < -0.4 is 5.32 Å². The number of nitrogens with one attached hydrogen (secondary N) is 1. The summed E-state index contributed by atoms with van der Waals surface area (Å²) in [7, 11) is 0. The summed E-state index contributed by atoms with van der Waals surface area (Å²) in [6.45, 7) is 0.567. The summed E-state index contributed by atoms with van der Waals surface area (Å²) < 4.78 is 18.4. The van der Waals surface area contributed by atoms with Crippen molar-refractivity contribution in [3.05, 3.63) is 72.5 Å². The second kappa shape index (κ2) is 5.57. The Morgan fingerprint density at radius 2 is 2.00 bits per heavy atom. The fraction of sp³-hybridized carbons (Fsp3) is 0.0625. The molecule has 0 saturated heterocycles. The van der Waals surface area contributed by atoms with Crippen molar-refractivity contribution in [2.75, 3.05) is 5.32 Å². The summed E-state index contributed by atoms with van der Waals surface area (Å²) >= 11 is 0. The normalized spacial score (nSPS) is 10.4. The van der Waals surface area contributed by atoms with Gasteiger partial charge in [0.1, 0.15) is 5.82 Å². The number of hydrogen-bond donors (Lipinski definition) is 1. The van der Waals surface area contributed by atoms with E-state index < -0.39 is 0 Å². The zero-order valence-electron chi connectivity index (χ0n) is 10.7. The van der Waals surface area contributed by atoms with Crippen LogP contribution in [0, 0.1) is 5.82 Å². The monoisotopic (exact) mass is 268 g/mol. The van der Waals surface area contributed by atoms with E-state index in [9.17, 15) is 4.39 Å². The van der Waals surface area contributed by atoms with Crippen LogP contribution in [0.1, 0.15) is 5.56 Å². The predicted octanol–water partition coefficient (Wildman–Crippen LogP) is 4.09. The number of anilines is 1. The van der Waals surface area contributed by atoms with Crippen molar-refractivity contribution >= 4 is 5.69 Å². The number of halogens is 1. The van der Waals surface area contributed by atoms with E-state index in [1.807, 2.05) is 30.3 Å². The third kappa shape index (κ3) is 2.85. The maximum absolute atomic E-state index is 13.1. The molecule has 3 nitrogen and oxygen atoms in total. The number of hydrogen-bond acceptors (Lipinski definition) is 3. The molecule has 4 heteroatoms. The van der Waals surface area contributed by atoms with Gasteiger partial charge in [-0.2, -0.15) is 0 Å². The van der Waals surface area contributed by atoms with Crippen LogP contribution in [-0.2, 0) is 6.54 Å². The van der Waals surface area contributed by atoms with Crippen molar-refractivity contribution in [3.63, 3.8) is 0 Å². The molecule has 0 spiro atoms. The first kappa shape index (κ1) is 12.4. The Morgan fingerprint density at radius 1 is 1.10 bits per heavy atom. The van der Waals surface area contributed by atoms with E-state index in [-0.39, 0.29) is 5.82 Å². The first-order valence-electron chi connectivity index (χ1n) is 6.28. The Bertz CT molecular complexity index is 695. The highest BCUT2D eigenvalue weighted by Gasteiger charge is 2.02. The Kier molecular flexibility index (Phi) is 3.46. The molecule has 0 saturated carbocycles. The smallest absolute Gasteiger partial charge is 0.181 e. The highest BCUT2D eigenvalue weighted by molar-refractivity contribution is 5.63. The van der Waals surface area contributed by atoms with Gasteiger partial charge in [0, 0.05) is 17.8 Å². The van der Waals surface area contributed by atoms with Crippen molar-refractivity contribution in [1.29, 1.82) is 0 Å². The molecule has 2 aromatic carbocycles. The van der Waals surface area contributed by atoms with Crippen LogP contribution in [0.3, 0.4) is 0 Å². The molecule has 100 valence electrons. The second-order valence-electron chi connectivity index (χ2n) is 4.43. The number of nitrogens with zero attached hydrogens (tertiary/aromatic N) is 1. The van der Waals surface area contributed by atoms with Gasteiger partial charge in [-0.05, 0) is 29.8 Å². The van der Waals surface area contributed by atoms with Gasteiger partial charge < -0.3 is 9.73 Å². The predicted molar refractivity (Wildman–Crippen MR) is 75.7 cm³/mol. The molecule has 1 heterocycles. The quantitative estimate of drug-likeness (QED) is 0.774. The average Bonchev–Trinajstić information content (AvgIpc) is 3.00. The summed E-state index contributed by atoms with van der Waals surface area (Å²) in [6, 6.07) is 14.4. The van der Waals surface area contributed by atoms with Crippen LogP contribution in [0.15, 0.2) is 65.5 Å². The highest BCUT2D eigenvalue weighted by atomic mass is 19.1. The van der Waals surface area contributed by atoms with Gasteiger partial charge in [0.25, 0.3) is 0 Å². The Morgan fingerprint density at radius 3 is 2.80 bits per heavy atom. The number of aromatic nitrogens is 1. The first-order valence-corrected chi connectivity index (χ1v) is 6.28. The molecule has 0 aliphatic heterocycles. The van der Waals surface area contributed by atoms with Gasteiger partial charge in [-0.25, -0.2) is 9.37 Å². The molecular formula is C16H13FN2O. The molecule has 0 radical (unpaired) electrons. The molecule has 1 N–H and O–H groups in total. The van der Waals surface area contributed by atoms with Crippen molar-refractivity contribution in [1.82, 2.24) is 4.98 Å². The molecule has 0 amide bonds. The van der Waals surface area contributed by atoms with E-state index in [1.165, 1.54) is 18.5 Å². The minimum atomic E-state index is -0.222. The van der Waals surface area contributed by atoms with E-state index in [1.54, 1.807) is 12.3 Å². The van der Waals surface area contributed by atoms with Crippen LogP contribution in [0.2, 0.25) is 0 Å². The summed E-state index contributed by atoms with van der Waals surface area (Å²) in [4.78, 5) is 3.90. The van der Waals surface area contributed by atoms with E-state index in [0.717, 1.165) is 22.6 Å². The largest absolute Gasteiger partial charge is 0.444 e. The first-order chi connectivity index (χ1) is 9.81. The van der Waals surface area contributed by atoms with Crippen LogP contribution in [0.5, 0.6) is 0 Å². The van der Waals surface area contributed by atoms with Crippen molar-refractivity contribution in [2.24, 2.45) is 0 Å². The van der Waals surface area contributed by atoms with Gasteiger partial charge in [-0.3, -0.25) is 0 Å². The molecule has 0 bridgehead atoms. The minimum Gasteiger partial charge on any atom is -0.444 e. The van der Waals surface area contributed by atoms with Gasteiger partial charge in [-0.15, -0.1) is 0 Å². The molecule has 0 unspecified atom stereocenters. The topological polar surface area (TPSA) is 38.1 Å². The van der Waals surface area contributed by atoms with Gasteiger partial charge in [0.2, 0.25) is 0 Å². The second-order valence-corrected chi connectivity index (χ2v) is 4.43. The molecule has 0 aliphatic carbocycles. The van der Waals surface area contributed by atoms with Crippen LogP contribution in [0.4, 0.5) is 10.1 Å². The number of rotatable bonds is 4. The summed E-state index contributed by atoms with van der Waals surface area (Å²) in [5.41, 5.74) is 2.80. The molecular weight excluding hydrogens is 255 g/mol. The summed E-state index contributed by atoms with van der Waals surface area (Å²) in [5, 5.41) is 3.26. The lowest BCUT2D eigenvalue weighted by atomic mass is 10.1. The standard InChI is InChI=1S/C16H13FN2O/c17-14-5-1-3-12(7-14)9-19-15-6-2-4-13(8-15)16-10-18-11-20-16/h1-8,10-11,19H,9H2. The molecule has 3 aromatic rings. The SMILES string of the molecule is Fc1cccc(CNc2cccc(-c3cnco3)c2)c1. The molecule has 0 aliphatic rings. The lowest BCUT2D eigenvalue weighted by Gasteiger charge is -2.07. The molecule has 0 atom stereocenters. The maximum atomic E-state index is 13.1. The highest BCUT2D eigenvalue weighted by Crippen LogP contribution is 2.22. The van der Waals surface area contributed by atoms with E-state index in [0.29, 0.717) is 6.54 Å². The van der Waals surface area contributed by atoms with E-state index in [2.05, 4.69) is 10.3 Å². The summed E-state index contributed by atoms with van der Waals surface area (Å²) in [5.74, 6) is 0.499. The average molecular weight is 268 g/mol. The minimum absolute atomic E-state index is 0.222. The lowest BCUT2D eigenvalue weighted by Crippen LogP contribution is -1.99. The Hall–Kier alpha value is -2.62. The lowest BCUT2D eigenvalue weighted by molar-refractivity contribution is 0.572. The Balaban J connectivity index is 1.73. The third-order valence-electron chi connectivity index (χ3n) is 2.97. The van der Waals surface area contributed by atoms with Gasteiger partial charge in [-0.1, -0.05) is 24.3 Å². The zero-order chi connectivity index (χ0) is 13.8.